The minimum absolute atomic E-state index is 0.158. The molecule has 5 aromatic rings. The molecule has 2 aromatic heterocycles. The number of aromatic amines is 1. The predicted molar refractivity (Wildman–Crippen MR) is 140 cm³/mol. The van der Waals surface area contributed by atoms with E-state index in [-0.39, 0.29) is 11.7 Å². The van der Waals surface area contributed by atoms with Crippen LogP contribution in [0.4, 0.5) is 5.69 Å². The number of rotatable bonds is 7. The second-order valence-corrected chi connectivity index (χ2v) is 8.05. The van der Waals surface area contributed by atoms with Crippen molar-refractivity contribution in [3.8, 4) is 5.75 Å². The largest absolute Gasteiger partial charge is 0.497 e. The smallest absolute Gasteiger partial charge is 0.255 e. The van der Waals surface area contributed by atoms with Gasteiger partial charge in [0.15, 0.2) is 5.78 Å². The third kappa shape index (κ3) is 4.90. The summed E-state index contributed by atoms with van der Waals surface area (Å²) in [6.07, 6.45) is 5.51. The molecular formula is C29H22N4O3. The molecule has 0 radical (unpaired) electrons. The summed E-state index contributed by atoms with van der Waals surface area (Å²) in [5.74, 6) is 0.148. The van der Waals surface area contributed by atoms with Gasteiger partial charge in [0.25, 0.3) is 5.91 Å². The number of benzene rings is 3. The number of aromatic nitrogens is 3. The van der Waals surface area contributed by atoms with Crippen molar-refractivity contribution in [3.05, 3.63) is 119 Å². The van der Waals surface area contributed by atoms with E-state index in [1.807, 2.05) is 36.4 Å². The zero-order chi connectivity index (χ0) is 24.9. The van der Waals surface area contributed by atoms with Crippen molar-refractivity contribution in [1.29, 1.82) is 0 Å². The number of H-pyrrole nitrogens is 1. The van der Waals surface area contributed by atoms with Crippen molar-refractivity contribution in [1.82, 2.24) is 15.2 Å². The van der Waals surface area contributed by atoms with Crippen molar-refractivity contribution in [2.24, 2.45) is 0 Å². The van der Waals surface area contributed by atoms with E-state index in [1.54, 1.807) is 74.0 Å². The summed E-state index contributed by atoms with van der Waals surface area (Å²) >= 11 is 0. The van der Waals surface area contributed by atoms with Crippen molar-refractivity contribution in [3.63, 3.8) is 0 Å². The maximum absolute atomic E-state index is 13.2. The van der Waals surface area contributed by atoms with Crippen LogP contribution in [0, 0.1) is 0 Å². The van der Waals surface area contributed by atoms with Crippen molar-refractivity contribution in [2.75, 3.05) is 12.4 Å². The number of fused-ring (bicyclic) bond motifs is 1. The average molecular weight is 475 g/mol. The van der Waals surface area contributed by atoms with Gasteiger partial charge in [0, 0.05) is 34.0 Å². The van der Waals surface area contributed by atoms with Crippen LogP contribution in [0.3, 0.4) is 0 Å². The summed E-state index contributed by atoms with van der Waals surface area (Å²) < 4.78 is 5.18. The van der Waals surface area contributed by atoms with E-state index < -0.39 is 0 Å². The molecule has 176 valence electrons. The molecule has 2 N–H and O–H groups in total. The minimum atomic E-state index is -0.288. The van der Waals surface area contributed by atoms with E-state index in [0.29, 0.717) is 28.1 Å². The molecule has 0 aliphatic carbocycles. The van der Waals surface area contributed by atoms with Crippen LogP contribution in [0.5, 0.6) is 5.75 Å². The van der Waals surface area contributed by atoms with Gasteiger partial charge in [-0.05, 0) is 66.7 Å². The molecule has 5 rings (SSSR count). The molecule has 7 heteroatoms. The second-order valence-electron chi connectivity index (χ2n) is 8.05. The topological polar surface area (TPSA) is 97.0 Å². The van der Waals surface area contributed by atoms with Gasteiger partial charge >= 0.3 is 0 Å². The van der Waals surface area contributed by atoms with E-state index in [2.05, 4.69) is 20.5 Å². The van der Waals surface area contributed by atoms with E-state index in [4.69, 9.17) is 4.74 Å². The maximum atomic E-state index is 13.2. The van der Waals surface area contributed by atoms with Gasteiger partial charge in [0.05, 0.1) is 24.0 Å². The number of carbonyl (C=O) groups excluding carboxylic acids is 2. The Balaban J connectivity index is 1.34. The highest BCUT2D eigenvalue weighted by molar-refractivity contribution is 6.12. The van der Waals surface area contributed by atoms with E-state index in [9.17, 15) is 9.59 Å². The van der Waals surface area contributed by atoms with Gasteiger partial charge in [-0.25, -0.2) is 0 Å². The molecule has 0 atom stereocenters. The summed E-state index contributed by atoms with van der Waals surface area (Å²) in [5, 5.41) is 11.1. The van der Waals surface area contributed by atoms with Crippen molar-refractivity contribution in [2.45, 2.75) is 0 Å². The Kier molecular flexibility index (Phi) is 6.36. The van der Waals surface area contributed by atoms with Gasteiger partial charge in [-0.1, -0.05) is 30.3 Å². The van der Waals surface area contributed by atoms with E-state index >= 15 is 0 Å². The van der Waals surface area contributed by atoms with Crippen LogP contribution in [0.2, 0.25) is 0 Å². The van der Waals surface area contributed by atoms with Crippen molar-refractivity contribution < 1.29 is 14.3 Å². The molecule has 0 aliphatic heterocycles. The fourth-order valence-electron chi connectivity index (χ4n) is 3.82. The molecule has 36 heavy (non-hydrogen) atoms. The molecule has 0 bridgehead atoms. The first-order valence-corrected chi connectivity index (χ1v) is 11.3. The number of ketones is 1. The number of anilines is 1. The Morgan fingerprint density at radius 2 is 1.69 bits per heavy atom. The molecule has 3 aromatic carbocycles. The first-order chi connectivity index (χ1) is 17.6. The molecule has 0 spiro atoms. The fourth-order valence-corrected chi connectivity index (χ4v) is 3.82. The summed E-state index contributed by atoms with van der Waals surface area (Å²) in [4.78, 5) is 30.1. The Morgan fingerprint density at radius 3 is 2.53 bits per heavy atom. The lowest BCUT2D eigenvalue weighted by atomic mass is 10.0. The van der Waals surface area contributed by atoms with Crippen molar-refractivity contribution >= 4 is 40.4 Å². The summed E-state index contributed by atoms with van der Waals surface area (Å²) in [5.41, 5.74) is 4.32. The monoisotopic (exact) mass is 474 g/mol. The fraction of sp³-hybridized carbons (Fsp3) is 0.0345. The third-order valence-electron chi connectivity index (χ3n) is 5.67. The lowest BCUT2D eigenvalue weighted by Crippen LogP contribution is -2.12. The van der Waals surface area contributed by atoms with Gasteiger partial charge in [-0.15, -0.1) is 0 Å². The lowest BCUT2D eigenvalue weighted by molar-refractivity contribution is 0.102. The average Bonchev–Trinajstić information content (AvgIpc) is 3.34. The molecule has 0 saturated carbocycles. The molecule has 2 heterocycles. The van der Waals surface area contributed by atoms with Crippen LogP contribution in [-0.2, 0) is 0 Å². The molecule has 0 saturated heterocycles. The Morgan fingerprint density at radius 1 is 0.861 bits per heavy atom. The predicted octanol–water partition coefficient (Wildman–Crippen LogP) is 5.62. The number of methoxy groups -OCH3 is 1. The third-order valence-corrected chi connectivity index (χ3v) is 5.67. The zero-order valence-corrected chi connectivity index (χ0v) is 19.4. The minimum Gasteiger partial charge on any atom is -0.497 e. The first-order valence-electron chi connectivity index (χ1n) is 11.3. The number of nitrogens with one attached hydrogen (secondary N) is 2. The number of hydrogen-bond donors (Lipinski definition) is 2. The van der Waals surface area contributed by atoms with Crippen LogP contribution < -0.4 is 10.1 Å². The maximum Gasteiger partial charge on any atom is 0.255 e. The van der Waals surface area contributed by atoms with Gasteiger partial charge in [0.1, 0.15) is 5.75 Å². The molecular weight excluding hydrogens is 452 g/mol. The Labute approximate surface area is 207 Å². The first kappa shape index (κ1) is 22.7. The van der Waals surface area contributed by atoms with Crippen LogP contribution >= 0.6 is 0 Å². The van der Waals surface area contributed by atoms with Crippen LogP contribution in [0.15, 0.2) is 91.1 Å². The van der Waals surface area contributed by atoms with E-state index in [1.165, 1.54) is 0 Å². The normalized spacial score (nSPS) is 11.0. The molecule has 0 aliphatic rings. The summed E-state index contributed by atoms with van der Waals surface area (Å²) in [6, 6.07) is 24.9. The SMILES string of the molecule is COc1cccc(C(=O)Nc2cccc(C(=O)c3ccc4c(/C=C/c5ccccn5)n[nH]c4c3)c2)c1. The van der Waals surface area contributed by atoms with Gasteiger partial charge in [0.2, 0.25) is 0 Å². The van der Waals surface area contributed by atoms with Crippen LogP contribution in [0.1, 0.15) is 37.7 Å². The van der Waals surface area contributed by atoms with Gasteiger partial charge < -0.3 is 10.1 Å². The molecule has 7 nitrogen and oxygen atoms in total. The lowest BCUT2D eigenvalue weighted by Gasteiger charge is -2.08. The molecule has 0 unspecified atom stereocenters. The molecule has 1 amide bonds. The van der Waals surface area contributed by atoms with Crippen LogP contribution in [0.25, 0.3) is 23.1 Å². The number of nitrogens with zero attached hydrogens (tertiary/aromatic N) is 2. The number of carbonyl (C=O) groups is 2. The summed E-state index contributed by atoms with van der Waals surface area (Å²) in [6.45, 7) is 0. The zero-order valence-electron chi connectivity index (χ0n) is 19.4. The second kappa shape index (κ2) is 10.1. The highest BCUT2D eigenvalue weighted by Gasteiger charge is 2.14. The highest BCUT2D eigenvalue weighted by Crippen LogP contribution is 2.22. The summed E-state index contributed by atoms with van der Waals surface area (Å²) in [7, 11) is 1.55. The Hall–Kier alpha value is -5.04. The number of ether oxygens (including phenoxy) is 1. The van der Waals surface area contributed by atoms with E-state index in [0.717, 1.165) is 22.3 Å². The number of pyridine rings is 1. The quantitative estimate of drug-likeness (QED) is 0.299. The Bertz CT molecular complexity index is 1590. The van der Waals surface area contributed by atoms with Gasteiger partial charge in [-0.3, -0.25) is 19.7 Å². The highest BCUT2D eigenvalue weighted by atomic mass is 16.5. The van der Waals surface area contributed by atoms with Gasteiger partial charge in [-0.2, -0.15) is 5.10 Å². The van der Waals surface area contributed by atoms with Crippen LogP contribution in [-0.4, -0.2) is 34.0 Å². The number of hydrogen-bond acceptors (Lipinski definition) is 5. The standard InChI is InChI=1S/C29H22N4O3/c1-36-24-10-5-7-21(17-24)29(35)31-23-9-4-6-19(16-23)28(34)20-11-13-25-26(32-33-27(25)18-20)14-12-22-8-2-3-15-30-22/h2-18H,1H3,(H,31,35)(H,32,33)/b14-12+. The number of amides is 1. The molecule has 0 fully saturated rings.